The third-order valence-electron chi connectivity index (χ3n) is 6.14. The Morgan fingerprint density at radius 1 is 1.24 bits per heavy atom. The Balaban J connectivity index is 0.00000240. The molecule has 2 aliphatic carbocycles. The lowest BCUT2D eigenvalue weighted by Gasteiger charge is -2.21. The van der Waals surface area contributed by atoms with Crippen LogP contribution in [0.3, 0.4) is 0 Å². The summed E-state index contributed by atoms with van der Waals surface area (Å²) in [6.07, 6.45) is 6.41. The molecule has 0 aromatic heterocycles. The molecule has 1 aromatic carbocycles. The van der Waals surface area contributed by atoms with Crippen molar-refractivity contribution in [3.63, 3.8) is 0 Å². The molecule has 1 saturated heterocycles. The van der Waals surface area contributed by atoms with Gasteiger partial charge in [-0.25, -0.2) is 4.39 Å². The van der Waals surface area contributed by atoms with Crippen molar-refractivity contribution < 1.29 is 9.13 Å². The fourth-order valence-corrected chi connectivity index (χ4v) is 3.92. The summed E-state index contributed by atoms with van der Waals surface area (Å²) >= 11 is 0. The van der Waals surface area contributed by atoms with Crippen molar-refractivity contribution in [3.8, 4) is 5.75 Å². The number of rotatable bonds is 8. The highest BCUT2D eigenvalue weighted by molar-refractivity contribution is 14.0. The maximum absolute atomic E-state index is 14.4. The topological polar surface area (TPSA) is 48.9 Å². The van der Waals surface area contributed by atoms with Crippen LogP contribution < -0.4 is 15.4 Å². The van der Waals surface area contributed by atoms with Crippen LogP contribution >= 0.6 is 24.0 Å². The number of likely N-dealkylation sites (tertiary alicyclic amines) is 1. The SMILES string of the molecule is CN=C(NCC1CCN(C2CC2)C1)NC(C)c1ccc(OCC2CC2)c(F)c1.I. The van der Waals surface area contributed by atoms with Crippen LogP contribution in [0.5, 0.6) is 5.75 Å². The highest BCUT2D eigenvalue weighted by atomic mass is 127. The number of nitrogens with one attached hydrogen (secondary N) is 2. The first-order valence-corrected chi connectivity index (χ1v) is 10.8. The van der Waals surface area contributed by atoms with E-state index in [2.05, 4.69) is 20.5 Å². The molecule has 2 unspecified atom stereocenters. The van der Waals surface area contributed by atoms with E-state index in [0.717, 1.165) is 24.1 Å². The highest BCUT2D eigenvalue weighted by Crippen LogP contribution is 2.32. The monoisotopic (exact) mass is 516 g/mol. The molecule has 2 saturated carbocycles. The van der Waals surface area contributed by atoms with Crippen LogP contribution in [-0.2, 0) is 0 Å². The van der Waals surface area contributed by atoms with Gasteiger partial charge in [0.15, 0.2) is 17.5 Å². The van der Waals surface area contributed by atoms with Gasteiger partial charge in [0.05, 0.1) is 12.6 Å². The van der Waals surface area contributed by atoms with Gasteiger partial charge in [-0.2, -0.15) is 0 Å². The molecule has 0 radical (unpaired) electrons. The summed E-state index contributed by atoms with van der Waals surface area (Å²) in [5.74, 6) is 2.12. The zero-order chi connectivity index (χ0) is 19.5. The normalized spacial score (nSPS) is 23.4. The van der Waals surface area contributed by atoms with Crippen molar-refractivity contribution >= 4 is 29.9 Å². The molecule has 4 rings (SSSR count). The van der Waals surface area contributed by atoms with E-state index in [-0.39, 0.29) is 35.8 Å². The number of nitrogens with zero attached hydrogens (tertiary/aromatic N) is 2. The molecule has 3 fully saturated rings. The Bertz CT molecular complexity index is 708. The Morgan fingerprint density at radius 3 is 2.69 bits per heavy atom. The maximum atomic E-state index is 14.4. The summed E-state index contributed by atoms with van der Waals surface area (Å²) in [7, 11) is 1.78. The average molecular weight is 516 g/mol. The summed E-state index contributed by atoms with van der Waals surface area (Å²) in [5.41, 5.74) is 0.889. The second-order valence-electron chi connectivity index (χ2n) is 8.64. The Hall–Kier alpha value is -1.09. The predicted octanol–water partition coefficient (Wildman–Crippen LogP) is 3.94. The van der Waals surface area contributed by atoms with Crippen molar-refractivity contribution in [1.82, 2.24) is 15.5 Å². The summed E-state index contributed by atoms with van der Waals surface area (Å²) in [6, 6.07) is 6.06. The van der Waals surface area contributed by atoms with Gasteiger partial charge in [-0.15, -0.1) is 24.0 Å². The number of guanidine groups is 1. The van der Waals surface area contributed by atoms with Crippen LogP contribution in [0.25, 0.3) is 0 Å². The number of hydrogen-bond acceptors (Lipinski definition) is 3. The summed E-state index contributed by atoms with van der Waals surface area (Å²) in [5, 5.41) is 6.83. The van der Waals surface area contributed by atoms with Gasteiger partial charge in [0.1, 0.15) is 0 Å². The van der Waals surface area contributed by atoms with Gasteiger partial charge >= 0.3 is 0 Å². The van der Waals surface area contributed by atoms with E-state index in [1.807, 2.05) is 13.0 Å². The van der Waals surface area contributed by atoms with Crippen LogP contribution in [-0.4, -0.2) is 50.2 Å². The summed E-state index contributed by atoms with van der Waals surface area (Å²) in [6.45, 7) is 6.00. The second kappa shape index (κ2) is 10.3. The van der Waals surface area contributed by atoms with Crippen LogP contribution in [0.15, 0.2) is 23.2 Å². The number of aliphatic imine (C=N–C) groups is 1. The third kappa shape index (κ3) is 6.44. The molecule has 0 spiro atoms. The van der Waals surface area contributed by atoms with Crippen molar-refractivity contribution in [2.45, 2.75) is 51.1 Å². The first-order chi connectivity index (χ1) is 13.6. The summed E-state index contributed by atoms with van der Waals surface area (Å²) in [4.78, 5) is 6.96. The first kappa shape index (κ1) is 22.6. The molecule has 2 N–H and O–H groups in total. The Kier molecular flexibility index (Phi) is 8.01. The van der Waals surface area contributed by atoms with Gasteiger partial charge in [-0.1, -0.05) is 6.07 Å². The molecule has 1 heterocycles. The van der Waals surface area contributed by atoms with E-state index in [0.29, 0.717) is 24.2 Å². The van der Waals surface area contributed by atoms with E-state index in [4.69, 9.17) is 4.74 Å². The molecule has 0 amide bonds. The molecule has 1 aliphatic heterocycles. The van der Waals surface area contributed by atoms with Gasteiger partial charge in [0.25, 0.3) is 0 Å². The Labute approximate surface area is 190 Å². The highest BCUT2D eigenvalue weighted by Gasteiger charge is 2.34. The molecule has 2 atom stereocenters. The van der Waals surface area contributed by atoms with E-state index in [9.17, 15) is 4.39 Å². The molecule has 3 aliphatic rings. The van der Waals surface area contributed by atoms with E-state index in [1.54, 1.807) is 19.2 Å². The number of hydrogen-bond donors (Lipinski definition) is 2. The van der Waals surface area contributed by atoms with Crippen LogP contribution in [0.4, 0.5) is 4.39 Å². The predicted molar refractivity (Wildman–Crippen MR) is 126 cm³/mol. The minimum atomic E-state index is -0.291. The largest absolute Gasteiger partial charge is 0.490 e. The fourth-order valence-electron chi connectivity index (χ4n) is 3.92. The van der Waals surface area contributed by atoms with Crippen molar-refractivity contribution in [2.24, 2.45) is 16.8 Å². The van der Waals surface area contributed by atoms with E-state index in [1.165, 1.54) is 45.2 Å². The van der Waals surface area contributed by atoms with Crippen LogP contribution in [0, 0.1) is 17.7 Å². The van der Waals surface area contributed by atoms with Gasteiger partial charge in [-0.3, -0.25) is 4.99 Å². The minimum absolute atomic E-state index is 0. The molecule has 0 bridgehead atoms. The fraction of sp³-hybridized carbons (Fsp3) is 0.682. The number of ether oxygens (including phenoxy) is 1. The van der Waals surface area contributed by atoms with Crippen LogP contribution in [0.2, 0.25) is 0 Å². The van der Waals surface area contributed by atoms with Crippen molar-refractivity contribution in [1.29, 1.82) is 0 Å². The molecule has 5 nitrogen and oxygen atoms in total. The summed E-state index contributed by atoms with van der Waals surface area (Å²) < 4.78 is 19.9. The zero-order valence-electron chi connectivity index (χ0n) is 17.5. The second-order valence-corrected chi connectivity index (χ2v) is 8.64. The lowest BCUT2D eigenvalue weighted by atomic mass is 10.1. The molecule has 29 heavy (non-hydrogen) atoms. The number of benzene rings is 1. The van der Waals surface area contributed by atoms with Gasteiger partial charge in [-0.05, 0) is 75.1 Å². The number of halogens is 2. The van der Waals surface area contributed by atoms with Gasteiger partial charge < -0.3 is 20.3 Å². The average Bonchev–Trinajstić information content (AvgIpc) is 3.63. The lowest BCUT2D eigenvalue weighted by Crippen LogP contribution is -2.41. The van der Waals surface area contributed by atoms with Crippen molar-refractivity contribution in [2.75, 3.05) is 33.3 Å². The molecule has 1 aromatic rings. The molecular weight excluding hydrogens is 482 g/mol. The smallest absolute Gasteiger partial charge is 0.191 e. The quantitative estimate of drug-likeness (QED) is 0.312. The standard InChI is InChI=1S/C22H33FN4O.HI/c1-15(18-5-8-21(20(23)11-18)28-14-16-3-4-16)26-22(24-2)25-12-17-9-10-27(13-17)19-6-7-19;/h5,8,11,15-17,19H,3-4,6-7,9-10,12-14H2,1-2H3,(H2,24,25,26);1H. The third-order valence-corrected chi connectivity index (χ3v) is 6.14. The molecule has 162 valence electrons. The van der Waals surface area contributed by atoms with Crippen LogP contribution in [0.1, 0.15) is 50.6 Å². The molecular formula is C22H34FIN4O. The zero-order valence-corrected chi connectivity index (χ0v) is 19.8. The minimum Gasteiger partial charge on any atom is -0.490 e. The molecule has 7 heteroatoms. The maximum Gasteiger partial charge on any atom is 0.191 e. The van der Waals surface area contributed by atoms with E-state index >= 15 is 0 Å². The van der Waals surface area contributed by atoms with Gasteiger partial charge in [0.2, 0.25) is 0 Å². The van der Waals surface area contributed by atoms with Crippen molar-refractivity contribution in [3.05, 3.63) is 29.6 Å². The lowest BCUT2D eigenvalue weighted by molar-refractivity contribution is 0.285. The van der Waals surface area contributed by atoms with Gasteiger partial charge in [0, 0.05) is 26.2 Å². The Morgan fingerprint density at radius 2 is 2.03 bits per heavy atom. The van der Waals surface area contributed by atoms with E-state index < -0.39 is 0 Å². The first-order valence-electron chi connectivity index (χ1n) is 10.8.